The van der Waals surface area contributed by atoms with Crippen molar-refractivity contribution in [3.8, 4) is 0 Å². The molecule has 0 spiro atoms. The lowest BCUT2D eigenvalue weighted by molar-refractivity contribution is 0.177. The van der Waals surface area contributed by atoms with Crippen LogP contribution in [0.1, 0.15) is 83.1 Å². The van der Waals surface area contributed by atoms with Gasteiger partial charge in [-0.25, -0.2) is 0 Å². The third-order valence-electron chi connectivity index (χ3n) is 5.61. The maximum absolute atomic E-state index is 10.9. The Bertz CT molecular complexity index is 916. The molecule has 0 atom stereocenters. The molecule has 37 heavy (non-hydrogen) atoms. The molecular formula is C28H47N5O4. The van der Waals surface area contributed by atoms with E-state index in [0.717, 1.165) is 20.3 Å². The van der Waals surface area contributed by atoms with Crippen LogP contribution in [0.4, 0.5) is 34.1 Å². The molecule has 5 N–H and O–H groups in total. The van der Waals surface area contributed by atoms with Gasteiger partial charge in [0.1, 0.15) is 0 Å². The Hall–Kier alpha value is -2.72. The Labute approximate surface area is 222 Å². The van der Waals surface area contributed by atoms with Gasteiger partial charge in [0.15, 0.2) is 0 Å². The van der Waals surface area contributed by atoms with Crippen LogP contribution in [0, 0.1) is 0 Å². The van der Waals surface area contributed by atoms with Crippen LogP contribution in [-0.4, -0.2) is 43.0 Å². The van der Waals surface area contributed by atoms with E-state index in [2.05, 4.69) is 5.32 Å². The number of hydrogen-bond acceptors (Lipinski definition) is 9. The summed E-state index contributed by atoms with van der Waals surface area (Å²) in [6, 6.07) is 10.5. The fourth-order valence-corrected chi connectivity index (χ4v) is 3.54. The second-order valence-corrected chi connectivity index (χ2v) is 13.5. The summed E-state index contributed by atoms with van der Waals surface area (Å²) in [6.45, 7) is 22.6. The number of hydrogen-bond donors (Lipinski definition) is 5. The first-order valence-electron chi connectivity index (χ1n) is 12.6. The van der Waals surface area contributed by atoms with Gasteiger partial charge < -0.3 is 5.32 Å². The standard InChI is InChI=1S/C28H47N5O4/c1-25(2,3)30(34)21-13-19(14-22(17-21)31(35)26(4,5)6)29-20-15-23(32(36)27(7,8)9)18-24(16-20)33(37)28(10,11)12/h13-18,29,34-37H,1-12H3. The Morgan fingerprint density at radius 2 is 0.595 bits per heavy atom. The van der Waals surface area contributed by atoms with Gasteiger partial charge in [-0.1, -0.05) is 0 Å². The average Bonchev–Trinajstić information content (AvgIpc) is 2.73. The van der Waals surface area contributed by atoms with Gasteiger partial charge in [-0.05, 0) is 119 Å². The molecular weight excluding hydrogens is 470 g/mol. The second-order valence-electron chi connectivity index (χ2n) is 13.5. The first-order chi connectivity index (χ1) is 16.5. The average molecular weight is 518 g/mol. The molecule has 208 valence electrons. The molecule has 0 radical (unpaired) electrons. The molecule has 0 aliphatic carbocycles. The number of nitrogens with zero attached hydrogens (tertiary/aromatic N) is 4. The molecule has 2 aromatic rings. The van der Waals surface area contributed by atoms with Gasteiger partial charge >= 0.3 is 0 Å². The smallest absolute Gasteiger partial charge is 0.0682 e. The van der Waals surface area contributed by atoms with Crippen LogP contribution in [-0.2, 0) is 0 Å². The van der Waals surface area contributed by atoms with E-state index in [1.807, 2.05) is 83.1 Å². The molecule has 0 aliphatic heterocycles. The third kappa shape index (κ3) is 7.64. The monoisotopic (exact) mass is 517 g/mol. The summed E-state index contributed by atoms with van der Waals surface area (Å²) in [5.41, 5.74) is 0.823. The zero-order valence-electron chi connectivity index (χ0n) is 24.5. The summed E-state index contributed by atoms with van der Waals surface area (Å²) >= 11 is 0. The largest absolute Gasteiger partial charge is 0.355 e. The van der Waals surface area contributed by atoms with E-state index in [9.17, 15) is 20.8 Å². The lowest BCUT2D eigenvalue weighted by atomic mass is 10.0. The molecule has 9 nitrogen and oxygen atoms in total. The number of hydroxylamine groups is 4. The highest BCUT2D eigenvalue weighted by Crippen LogP contribution is 2.37. The van der Waals surface area contributed by atoms with E-state index in [0.29, 0.717) is 34.1 Å². The Balaban J connectivity index is 2.69. The van der Waals surface area contributed by atoms with E-state index >= 15 is 0 Å². The van der Waals surface area contributed by atoms with Crippen molar-refractivity contribution in [1.82, 2.24) is 0 Å². The van der Waals surface area contributed by atoms with E-state index in [1.165, 1.54) is 0 Å². The predicted octanol–water partition coefficient (Wildman–Crippen LogP) is 7.41. The van der Waals surface area contributed by atoms with Crippen LogP contribution in [0.5, 0.6) is 0 Å². The van der Waals surface area contributed by atoms with Gasteiger partial charge in [-0.15, -0.1) is 0 Å². The van der Waals surface area contributed by atoms with Gasteiger partial charge in [0, 0.05) is 11.4 Å². The molecule has 0 saturated heterocycles. The summed E-state index contributed by atoms with van der Waals surface area (Å²) in [5, 5.41) is 51.5. The van der Waals surface area contributed by atoms with Crippen LogP contribution >= 0.6 is 0 Å². The Kier molecular flexibility index (Phi) is 8.42. The minimum atomic E-state index is -0.584. The van der Waals surface area contributed by atoms with Crippen molar-refractivity contribution >= 4 is 34.1 Å². The fourth-order valence-electron chi connectivity index (χ4n) is 3.54. The Morgan fingerprint density at radius 3 is 0.757 bits per heavy atom. The minimum absolute atomic E-state index is 0.490. The highest BCUT2D eigenvalue weighted by Gasteiger charge is 2.27. The highest BCUT2D eigenvalue weighted by molar-refractivity contribution is 5.76. The molecule has 0 amide bonds. The molecule has 9 heteroatoms. The lowest BCUT2D eigenvalue weighted by Crippen LogP contribution is -2.40. The van der Waals surface area contributed by atoms with Crippen LogP contribution in [0.3, 0.4) is 0 Å². The first-order valence-corrected chi connectivity index (χ1v) is 12.6. The van der Waals surface area contributed by atoms with E-state index < -0.39 is 22.2 Å². The van der Waals surface area contributed by atoms with Crippen LogP contribution < -0.4 is 25.6 Å². The van der Waals surface area contributed by atoms with Gasteiger partial charge in [0.05, 0.1) is 44.9 Å². The quantitative estimate of drug-likeness (QED) is 0.250. The number of rotatable bonds is 6. The predicted molar refractivity (Wildman–Crippen MR) is 152 cm³/mol. The SMILES string of the molecule is CC(C)(C)N(O)c1cc(Nc2cc(N(O)C(C)(C)C)cc(N(O)C(C)(C)C)c2)cc(N(O)C(C)(C)C)c1. The molecule has 0 unspecified atom stereocenters. The van der Waals surface area contributed by atoms with Gasteiger partial charge in [0.2, 0.25) is 0 Å². The van der Waals surface area contributed by atoms with Crippen molar-refractivity contribution in [2.24, 2.45) is 0 Å². The molecule has 0 saturated carbocycles. The maximum atomic E-state index is 10.9. The molecule has 0 aromatic heterocycles. The van der Waals surface area contributed by atoms with Crippen LogP contribution in [0.25, 0.3) is 0 Å². The molecule has 2 aromatic carbocycles. The second kappa shape index (κ2) is 10.2. The summed E-state index contributed by atoms with van der Waals surface area (Å²) in [7, 11) is 0. The first kappa shape index (κ1) is 30.5. The van der Waals surface area contributed by atoms with Crippen molar-refractivity contribution < 1.29 is 20.8 Å². The lowest BCUT2D eigenvalue weighted by Gasteiger charge is -2.35. The van der Waals surface area contributed by atoms with Crippen molar-refractivity contribution in [1.29, 1.82) is 0 Å². The van der Waals surface area contributed by atoms with Gasteiger partial charge in [0.25, 0.3) is 0 Å². The molecule has 0 fully saturated rings. The van der Waals surface area contributed by atoms with Crippen molar-refractivity contribution in [2.45, 2.75) is 105 Å². The highest BCUT2D eigenvalue weighted by atomic mass is 16.5. The molecule has 0 bridgehead atoms. The molecule has 0 aliphatic rings. The molecule has 2 rings (SSSR count). The van der Waals surface area contributed by atoms with Gasteiger partial charge in [-0.2, -0.15) is 0 Å². The van der Waals surface area contributed by atoms with Gasteiger partial charge in [-0.3, -0.25) is 41.1 Å². The van der Waals surface area contributed by atoms with Crippen molar-refractivity contribution in [3.63, 3.8) is 0 Å². The summed E-state index contributed by atoms with van der Waals surface area (Å²) < 4.78 is 0. The number of nitrogens with one attached hydrogen (secondary N) is 1. The topological polar surface area (TPSA) is 106 Å². The zero-order valence-corrected chi connectivity index (χ0v) is 24.5. The summed E-state index contributed by atoms with van der Waals surface area (Å²) in [6.07, 6.45) is 0. The Morgan fingerprint density at radius 1 is 0.405 bits per heavy atom. The number of benzene rings is 2. The van der Waals surface area contributed by atoms with Crippen LogP contribution in [0.15, 0.2) is 36.4 Å². The third-order valence-corrected chi connectivity index (χ3v) is 5.61. The minimum Gasteiger partial charge on any atom is -0.355 e. The molecule has 0 heterocycles. The summed E-state index contributed by atoms with van der Waals surface area (Å²) in [4.78, 5) is 0. The van der Waals surface area contributed by atoms with E-state index in [1.54, 1.807) is 36.4 Å². The van der Waals surface area contributed by atoms with E-state index in [-0.39, 0.29) is 0 Å². The number of anilines is 6. The summed E-state index contributed by atoms with van der Waals surface area (Å²) in [5.74, 6) is 0. The maximum Gasteiger partial charge on any atom is 0.0682 e. The van der Waals surface area contributed by atoms with Crippen molar-refractivity contribution in [2.75, 3.05) is 25.6 Å². The zero-order chi connectivity index (χ0) is 28.7. The van der Waals surface area contributed by atoms with Crippen molar-refractivity contribution in [3.05, 3.63) is 36.4 Å². The van der Waals surface area contributed by atoms with Crippen LogP contribution in [0.2, 0.25) is 0 Å². The van der Waals surface area contributed by atoms with E-state index in [4.69, 9.17) is 0 Å². The normalized spacial score (nSPS) is 12.9. The fraction of sp³-hybridized carbons (Fsp3) is 0.571.